The quantitative estimate of drug-likeness (QED) is 0.389. The minimum absolute atomic E-state index is 0.195. The maximum absolute atomic E-state index is 11.9. The van der Waals surface area contributed by atoms with Gasteiger partial charge in [-0.1, -0.05) is 12.1 Å². The smallest absolute Gasteiger partial charge is 0.335 e. The zero-order valence-electron chi connectivity index (χ0n) is 17.5. The zero-order valence-corrected chi connectivity index (χ0v) is 17.5. The Hall–Kier alpha value is -4.71. The number of rotatable bonds is 5. The normalized spacial score (nSPS) is 10.7. The van der Waals surface area contributed by atoms with E-state index in [0.29, 0.717) is 0 Å². The molecule has 0 aliphatic rings. The van der Waals surface area contributed by atoms with Crippen LogP contribution < -0.4 is 0 Å². The molecule has 0 spiro atoms. The number of aromatic carboxylic acids is 1. The number of carbonyl (C=O) groups is 1. The van der Waals surface area contributed by atoms with E-state index in [2.05, 4.69) is 19.9 Å². The standard InChI is InChI=1S/C27H18N4O2/c32-27(33)22-8-20(25-10-23(14-30-16-25)18-3-1-5-28-12-18)7-21(9-22)26-11-24(15-31-17-26)19-4-2-6-29-13-19/h1-17H,(H,32,33). The lowest BCUT2D eigenvalue weighted by atomic mass is 9.95. The van der Waals surface area contributed by atoms with Gasteiger partial charge >= 0.3 is 5.97 Å². The lowest BCUT2D eigenvalue weighted by Crippen LogP contribution is -1.98. The van der Waals surface area contributed by atoms with Crippen LogP contribution in [0, 0.1) is 0 Å². The van der Waals surface area contributed by atoms with Gasteiger partial charge in [-0.05, 0) is 53.6 Å². The van der Waals surface area contributed by atoms with Gasteiger partial charge in [0.25, 0.3) is 0 Å². The van der Waals surface area contributed by atoms with Crippen molar-refractivity contribution < 1.29 is 9.90 Å². The lowest BCUT2D eigenvalue weighted by Gasteiger charge is -2.11. The average Bonchev–Trinajstić information content (AvgIpc) is 2.89. The van der Waals surface area contributed by atoms with Gasteiger partial charge in [0.1, 0.15) is 0 Å². The molecule has 4 heterocycles. The molecule has 0 radical (unpaired) electrons. The van der Waals surface area contributed by atoms with E-state index >= 15 is 0 Å². The van der Waals surface area contributed by atoms with Gasteiger partial charge in [-0.15, -0.1) is 0 Å². The Labute approximate surface area is 190 Å². The first kappa shape index (κ1) is 20.2. The van der Waals surface area contributed by atoms with E-state index in [9.17, 15) is 9.90 Å². The van der Waals surface area contributed by atoms with Crippen LogP contribution in [0.4, 0.5) is 0 Å². The largest absolute Gasteiger partial charge is 0.478 e. The molecule has 0 aliphatic carbocycles. The molecule has 0 aliphatic heterocycles. The highest BCUT2D eigenvalue weighted by molar-refractivity contribution is 5.92. The van der Waals surface area contributed by atoms with Crippen LogP contribution in [0.15, 0.2) is 104 Å². The van der Waals surface area contributed by atoms with Crippen LogP contribution in [0.5, 0.6) is 0 Å². The van der Waals surface area contributed by atoms with E-state index in [-0.39, 0.29) is 5.56 Å². The van der Waals surface area contributed by atoms with Gasteiger partial charge in [-0.25, -0.2) is 4.79 Å². The lowest BCUT2D eigenvalue weighted by molar-refractivity contribution is 0.0697. The number of hydrogen-bond donors (Lipinski definition) is 1. The second-order valence-electron chi connectivity index (χ2n) is 7.51. The maximum atomic E-state index is 11.9. The summed E-state index contributed by atoms with van der Waals surface area (Å²) < 4.78 is 0. The van der Waals surface area contributed by atoms with Crippen molar-refractivity contribution >= 4 is 5.97 Å². The molecular weight excluding hydrogens is 412 g/mol. The SMILES string of the molecule is O=C(O)c1cc(-c2cncc(-c3cccnc3)c2)cc(-c2cncc(-c3cccnc3)c2)c1. The summed E-state index contributed by atoms with van der Waals surface area (Å²) >= 11 is 0. The Morgan fingerprint density at radius 2 is 0.909 bits per heavy atom. The summed E-state index contributed by atoms with van der Waals surface area (Å²) in [5, 5.41) is 9.74. The number of nitrogens with zero attached hydrogens (tertiary/aromatic N) is 4. The molecular formula is C27H18N4O2. The fraction of sp³-hybridized carbons (Fsp3) is 0. The van der Waals surface area contributed by atoms with Gasteiger partial charge in [-0.3, -0.25) is 19.9 Å². The van der Waals surface area contributed by atoms with Gasteiger partial charge in [0.15, 0.2) is 0 Å². The summed E-state index contributed by atoms with van der Waals surface area (Å²) in [6.45, 7) is 0. The molecule has 0 saturated heterocycles. The molecule has 0 fully saturated rings. The summed E-state index contributed by atoms with van der Waals surface area (Å²) in [6.07, 6.45) is 14.0. The molecule has 6 nitrogen and oxygen atoms in total. The van der Waals surface area contributed by atoms with Gasteiger partial charge in [-0.2, -0.15) is 0 Å². The van der Waals surface area contributed by atoms with Gasteiger partial charge in [0.05, 0.1) is 5.56 Å². The van der Waals surface area contributed by atoms with Crippen LogP contribution in [0.1, 0.15) is 10.4 Å². The van der Waals surface area contributed by atoms with Crippen LogP contribution in [0.25, 0.3) is 44.5 Å². The Morgan fingerprint density at radius 3 is 1.30 bits per heavy atom. The summed E-state index contributed by atoms with van der Waals surface area (Å²) in [4.78, 5) is 29.0. The first-order chi connectivity index (χ1) is 16.2. The zero-order chi connectivity index (χ0) is 22.6. The summed E-state index contributed by atoms with van der Waals surface area (Å²) in [5.74, 6) is -0.995. The van der Waals surface area contributed by atoms with E-state index in [1.165, 1.54) is 0 Å². The third-order valence-electron chi connectivity index (χ3n) is 5.31. The molecule has 1 N–H and O–H groups in total. The molecule has 0 atom stereocenters. The van der Waals surface area contributed by atoms with Crippen molar-refractivity contribution in [2.75, 3.05) is 0 Å². The van der Waals surface area contributed by atoms with E-state index in [0.717, 1.165) is 44.5 Å². The van der Waals surface area contributed by atoms with Crippen LogP contribution >= 0.6 is 0 Å². The number of benzene rings is 1. The van der Waals surface area contributed by atoms with E-state index in [4.69, 9.17) is 0 Å². The minimum Gasteiger partial charge on any atom is -0.478 e. The molecule has 0 amide bonds. The van der Waals surface area contributed by atoms with Crippen LogP contribution in [-0.4, -0.2) is 31.0 Å². The van der Waals surface area contributed by atoms with E-state index in [1.807, 2.05) is 42.5 Å². The minimum atomic E-state index is -0.995. The predicted octanol–water partition coefficient (Wildman–Crippen LogP) is 5.63. The highest BCUT2D eigenvalue weighted by atomic mass is 16.4. The fourth-order valence-corrected chi connectivity index (χ4v) is 3.66. The molecule has 0 unspecified atom stereocenters. The molecule has 5 aromatic rings. The summed E-state index contributed by atoms with van der Waals surface area (Å²) in [6, 6.07) is 16.9. The third kappa shape index (κ3) is 4.36. The second kappa shape index (κ2) is 8.80. The molecule has 33 heavy (non-hydrogen) atoms. The summed E-state index contributed by atoms with van der Waals surface area (Å²) in [5.41, 5.74) is 7.04. The first-order valence-corrected chi connectivity index (χ1v) is 10.3. The highest BCUT2D eigenvalue weighted by Crippen LogP contribution is 2.31. The van der Waals surface area contributed by atoms with Crippen LogP contribution in [-0.2, 0) is 0 Å². The molecule has 4 aromatic heterocycles. The molecule has 0 bridgehead atoms. The highest BCUT2D eigenvalue weighted by Gasteiger charge is 2.12. The number of aromatic nitrogens is 4. The maximum Gasteiger partial charge on any atom is 0.335 e. The number of pyridine rings is 4. The Bertz CT molecular complexity index is 1340. The van der Waals surface area contributed by atoms with Crippen molar-refractivity contribution in [3.8, 4) is 44.5 Å². The van der Waals surface area contributed by atoms with Crippen molar-refractivity contribution in [3.05, 3.63) is 110 Å². The van der Waals surface area contributed by atoms with Crippen molar-refractivity contribution in [1.82, 2.24) is 19.9 Å². The Morgan fingerprint density at radius 1 is 0.515 bits per heavy atom. The fourth-order valence-electron chi connectivity index (χ4n) is 3.66. The first-order valence-electron chi connectivity index (χ1n) is 10.3. The Kier molecular flexibility index (Phi) is 5.39. The predicted molar refractivity (Wildman–Crippen MR) is 126 cm³/mol. The van der Waals surface area contributed by atoms with Gasteiger partial charge < -0.3 is 5.11 Å². The third-order valence-corrected chi connectivity index (χ3v) is 5.31. The topological polar surface area (TPSA) is 88.9 Å². The number of hydrogen-bond acceptors (Lipinski definition) is 5. The van der Waals surface area contributed by atoms with Gasteiger partial charge in [0, 0.05) is 83.0 Å². The average molecular weight is 430 g/mol. The van der Waals surface area contributed by atoms with Crippen molar-refractivity contribution in [2.24, 2.45) is 0 Å². The van der Waals surface area contributed by atoms with Crippen molar-refractivity contribution in [1.29, 1.82) is 0 Å². The molecule has 1 aromatic carbocycles. The van der Waals surface area contributed by atoms with Crippen LogP contribution in [0.2, 0.25) is 0 Å². The molecule has 0 saturated carbocycles. The molecule has 5 rings (SSSR count). The molecule has 158 valence electrons. The second-order valence-corrected chi connectivity index (χ2v) is 7.51. The molecule has 6 heteroatoms. The Balaban J connectivity index is 1.61. The van der Waals surface area contributed by atoms with E-state index < -0.39 is 5.97 Å². The number of carboxylic acid groups (broad SMARTS) is 1. The van der Waals surface area contributed by atoms with E-state index in [1.54, 1.807) is 61.7 Å². The monoisotopic (exact) mass is 430 g/mol. The van der Waals surface area contributed by atoms with Crippen molar-refractivity contribution in [3.63, 3.8) is 0 Å². The number of carboxylic acids is 1. The van der Waals surface area contributed by atoms with Crippen LogP contribution in [0.3, 0.4) is 0 Å². The van der Waals surface area contributed by atoms with Crippen molar-refractivity contribution in [2.45, 2.75) is 0 Å². The van der Waals surface area contributed by atoms with Gasteiger partial charge in [0.2, 0.25) is 0 Å². The summed E-state index contributed by atoms with van der Waals surface area (Å²) in [7, 11) is 0.